The average Bonchev–Trinajstić information content (AvgIpc) is 2.94. The van der Waals surface area contributed by atoms with Crippen molar-refractivity contribution in [3.8, 4) is 11.5 Å². The maximum absolute atomic E-state index is 12.9. The van der Waals surface area contributed by atoms with Gasteiger partial charge in [-0.15, -0.1) is 0 Å². The number of benzene rings is 2. The monoisotopic (exact) mass is 340 g/mol. The molecular weight excluding hydrogens is 316 g/mol. The van der Waals surface area contributed by atoms with E-state index in [0.29, 0.717) is 35.9 Å². The Labute approximate surface area is 148 Å². The average molecular weight is 340 g/mol. The maximum Gasteiger partial charge on any atom is 0.257 e. The minimum Gasteiger partial charge on any atom is -0.493 e. The lowest BCUT2D eigenvalue weighted by Crippen LogP contribution is -2.29. The van der Waals surface area contributed by atoms with Crippen LogP contribution in [0.2, 0.25) is 0 Å². The van der Waals surface area contributed by atoms with Gasteiger partial charge in [0.05, 0.1) is 25.3 Å². The van der Waals surface area contributed by atoms with E-state index in [9.17, 15) is 4.79 Å². The van der Waals surface area contributed by atoms with E-state index in [1.165, 1.54) is 0 Å². The normalized spacial score (nSPS) is 14.4. The van der Waals surface area contributed by atoms with Crippen LogP contribution in [0, 0.1) is 0 Å². The van der Waals surface area contributed by atoms with Crippen LogP contribution in [0.3, 0.4) is 0 Å². The minimum absolute atomic E-state index is 0.00581. The molecule has 0 aliphatic carbocycles. The van der Waals surface area contributed by atoms with Crippen molar-refractivity contribution < 1.29 is 14.3 Å². The predicted molar refractivity (Wildman–Crippen MR) is 97.9 cm³/mol. The third-order valence-electron chi connectivity index (χ3n) is 4.63. The molecule has 1 unspecified atom stereocenters. The highest BCUT2D eigenvalue weighted by atomic mass is 16.5. The van der Waals surface area contributed by atoms with E-state index in [1.807, 2.05) is 42.2 Å². The number of nitrogens with two attached hydrogens (primary N) is 1. The van der Waals surface area contributed by atoms with Crippen LogP contribution in [-0.2, 0) is 6.54 Å². The highest BCUT2D eigenvalue weighted by Crippen LogP contribution is 2.38. The molecule has 5 nitrogen and oxygen atoms in total. The number of hydrogen-bond acceptors (Lipinski definition) is 4. The van der Waals surface area contributed by atoms with Gasteiger partial charge in [-0.3, -0.25) is 4.79 Å². The molecule has 2 N–H and O–H groups in total. The number of carbonyl (C=O) groups excluding carboxylic acids is 1. The van der Waals surface area contributed by atoms with Crippen molar-refractivity contribution in [3.05, 3.63) is 53.1 Å². The summed E-state index contributed by atoms with van der Waals surface area (Å²) in [6, 6.07) is 11.5. The number of anilines is 1. The molecule has 1 heterocycles. The van der Waals surface area contributed by atoms with Gasteiger partial charge in [-0.25, -0.2) is 0 Å². The second kappa shape index (κ2) is 7.05. The van der Waals surface area contributed by atoms with E-state index in [4.69, 9.17) is 15.2 Å². The molecule has 0 aromatic heterocycles. The first-order valence-electron chi connectivity index (χ1n) is 8.59. The molecule has 0 radical (unpaired) electrons. The summed E-state index contributed by atoms with van der Waals surface area (Å²) in [5, 5.41) is 0. The summed E-state index contributed by atoms with van der Waals surface area (Å²) in [5.41, 5.74) is 9.23. The Morgan fingerprint density at radius 1 is 1.20 bits per heavy atom. The molecule has 3 rings (SSSR count). The fraction of sp³-hybridized carbons (Fsp3) is 0.350. The lowest BCUT2D eigenvalue weighted by molar-refractivity contribution is 0.0696. The number of rotatable bonds is 6. The van der Waals surface area contributed by atoms with Gasteiger partial charge in [0.15, 0.2) is 11.5 Å². The van der Waals surface area contributed by atoms with E-state index in [1.54, 1.807) is 13.2 Å². The zero-order valence-corrected chi connectivity index (χ0v) is 14.9. The van der Waals surface area contributed by atoms with Gasteiger partial charge in [0.1, 0.15) is 0 Å². The van der Waals surface area contributed by atoms with Gasteiger partial charge >= 0.3 is 0 Å². The van der Waals surface area contributed by atoms with Crippen molar-refractivity contribution in [1.82, 2.24) is 4.90 Å². The lowest BCUT2D eigenvalue weighted by Gasteiger charge is -2.28. The van der Waals surface area contributed by atoms with Crippen LogP contribution in [0.25, 0.3) is 0 Å². The number of nitrogen functional groups attached to an aromatic ring is 1. The molecule has 1 atom stereocenters. The zero-order valence-electron chi connectivity index (χ0n) is 14.9. The SMILES string of the molecule is CCOc1cc(C(CC)N2Cc3cccc(N)c3C2=O)ccc1OC. The van der Waals surface area contributed by atoms with Gasteiger partial charge in [0, 0.05) is 12.2 Å². The fourth-order valence-electron chi connectivity index (χ4n) is 3.47. The number of fused-ring (bicyclic) bond motifs is 1. The van der Waals surface area contributed by atoms with Gasteiger partial charge in [-0.05, 0) is 42.7 Å². The Kier molecular flexibility index (Phi) is 4.83. The second-order valence-corrected chi connectivity index (χ2v) is 6.08. The van der Waals surface area contributed by atoms with Gasteiger partial charge < -0.3 is 20.1 Å². The first-order valence-corrected chi connectivity index (χ1v) is 8.59. The van der Waals surface area contributed by atoms with Crippen LogP contribution >= 0.6 is 0 Å². The van der Waals surface area contributed by atoms with Crippen LogP contribution in [0.1, 0.15) is 47.8 Å². The largest absolute Gasteiger partial charge is 0.493 e. The lowest BCUT2D eigenvalue weighted by atomic mass is 10.0. The third kappa shape index (κ3) is 3.02. The molecule has 1 aliphatic rings. The Morgan fingerprint density at radius 2 is 2.00 bits per heavy atom. The molecule has 2 aromatic rings. The Hall–Kier alpha value is -2.69. The van der Waals surface area contributed by atoms with Crippen LogP contribution < -0.4 is 15.2 Å². The van der Waals surface area contributed by atoms with E-state index >= 15 is 0 Å². The smallest absolute Gasteiger partial charge is 0.257 e. The fourth-order valence-corrected chi connectivity index (χ4v) is 3.47. The molecule has 132 valence electrons. The highest BCUT2D eigenvalue weighted by molar-refractivity contribution is 6.03. The van der Waals surface area contributed by atoms with Crippen molar-refractivity contribution >= 4 is 11.6 Å². The van der Waals surface area contributed by atoms with Crippen LogP contribution in [-0.4, -0.2) is 24.5 Å². The second-order valence-electron chi connectivity index (χ2n) is 6.08. The molecule has 5 heteroatoms. The molecule has 0 spiro atoms. The summed E-state index contributed by atoms with van der Waals surface area (Å²) in [5.74, 6) is 1.39. The zero-order chi connectivity index (χ0) is 18.0. The van der Waals surface area contributed by atoms with Crippen LogP contribution in [0.15, 0.2) is 36.4 Å². The summed E-state index contributed by atoms with van der Waals surface area (Å²) in [7, 11) is 1.62. The molecular formula is C20H24N2O3. The number of amides is 1. The quantitative estimate of drug-likeness (QED) is 0.813. The first kappa shape index (κ1) is 17.1. The van der Waals surface area contributed by atoms with Crippen LogP contribution in [0.4, 0.5) is 5.69 Å². The standard InChI is InChI=1S/C20H24N2O3/c1-4-16(13-9-10-17(24-3)18(11-13)25-5-2)22-12-14-7-6-8-15(21)19(14)20(22)23/h6-11,16H,4-5,12,21H2,1-3H3. The summed E-state index contributed by atoms with van der Waals surface area (Å²) >= 11 is 0. The van der Waals surface area contributed by atoms with E-state index < -0.39 is 0 Å². The number of ether oxygens (including phenoxy) is 2. The Bertz CT molecular complexity index is 789. The maximum atomic E-state index is 12.9. The summed E-state index contributed by atoms with van der Waals surface area (Å²) in [6.07, 6.45) is 0.803. The molecule has 1 aliphatic heterocycles. The number of carbonyl (C=O) groups is 1. The molecule has 0 fully saturated rings. The van der Waals surface area contributed by atoms with Crippen LogP contribution in [0.5, 0.6) is 11.5 Å². The molecule has 2 aromatic carbocycles. The number of methoxy groups -OCH3 is 1. The molecule has 0 saturated carbocycles. The van der Waals surface area contributed by atoms with E-state index in [2.05, 4.69) is 6.92 Å². The predicted octanol–water partition coefficient (Wildman–Crippen LogP) is 3.78. The molecule has 0 bridgehead atoms. The Balaban J connectivity index is 1.95. The van der Waals surface area contributed by atoms with Crippen molar-refractivity contribution in [2.24, 2.45) is 0 Å². The topological polar surface area (TPSA) is 64.8 Å². The summed E-state index contributed by atoms with van der Waals surface area (Å²) in [4.78, 5) is 14.8. The van der Waals surface area contributed by atoms with E-state index in [-0.39, 0.29) is 11.9 Å². The molecule has 25 heavy (non-hydrogen) atoms. The van der Waals surface area contributed by atoms with Gasteiger partial charge in [-0.2, -0.15) is 0 Å². The van der Waals surface area contributed by atoms with Gasteiger partial charge in [0.2, 0.25) is 0 Å². The Morgan fingerprint density at radius 3 is 2.64 bits per heavy atom. The van der Waals surface area contributed by atoms with Crippen molar-refractivity contribution in [3.63, 3.8) is 0 Å². The van der Waals surface area contributed by atoms with Crippen molar-refractivity contribution in [2.45, 2.75) is 32.9 Å². The van der Waals surface area contributed by atoms with Crippen molar-refractivity contribution in [2.75, 3.05) is 19.5 Å². The van der Waals surface area contributed by atoms with Crippen molar-refractivity contribution in [1.29, 1.82) is 0 Å². The van der Waals surface area contributed by atoms with E-state index in [0.717, 1.165) is 17.5 Å². The van der Waals surface area contributed by atoms with Gasteiger partial charge in [-0.1, -0.05) is 25.1 Å². The first-order chi connectivity index (χ1) is 12.1. The highest BCUT2D eigenvalue weighted by Gasteiger charge is 2.34. The molecule has 0 saturated heterocycles. The summed E-state index contributed by atoms with van der Waals surface area (Å²) < 4.78 is 11.0. The molecule has 1 amide bonds. The minimum atomic E-state index is -0.0376. The summed E-state index contributed by atoms with van der Waals surface area (Å²) in [6.45, 7) is 5.15. The third-order valence-corrected chi connectivity index (χ3v) is 4.63. The number of nitrogens with zero attached hydrogens (tertiary/aromatic N) is 1. The van der Waals surface area contributed by atoms with Gasteiger partial charge in [0.25, 0.3) is 5.91 Å². The number of hydrogen-bond donors (Lipinski definition) is 1.